The zero-order valence-electron chi connectivity index (χ0n) is 16.1. The number of methoxy groups -OCH3 is 1. The second-order valence-corrected chi connectivity index (χ2v) is 6.02. The van der Waals surface area contributed by atoms with Gasteiger partial charge < -0.3 is 15.4 Å². The van der Waals surface area contributed by atoms with Crippen molar-refractivity contribution < 1.29 is 17.9 Å². The van der Waals surface area contributed by atoms with Crippen molar-refractivity contribution in [1.82, 2.24) is 15.6 Å². The number of hydrogen-bond donors (Lipinski definition) is 2. The number of halogens is 4. The summed E-state index contributed by atoms with van der Waals surface area (Å²) >= 11 is 0. The number of pyridine rings is 1. The molecule has 0 amide bonds. The Kier molecular flexibility index (Phi) is 8.99. The van der Waals surface area contributed by atoms with E-state index in [0.717, 1.165) is 34.7 Å². The summed E-state index contributed by atoms with van der Waals surface area (Å²) < 4.78 is 43.8. The van der Waals surface area contributed by atoms with E-state index < -0.39 is 11.7 Å². The summed E-state index contributed by atoms with van der Waals surface area (Å²) in [6.07, 6.45) is -2.62. The second kappa shape index (κ2) is 10.5. The van der Waals surface area contributed by atoms with Crippen molar-refractivity contribution in [3.63, 3.8) is 0 Å². The monoisotopic (exact) mass is 508 g/mol. The molecule has 0 radical (unpaired) electrons. The molecule has 1 heterocycles. The first-order chi connectivity index (χ1) is 12.8. The number of ether oxygens (including phenoxy) is 1. The van der Waals surface area contributed by atoms with Gasteiger partial charge in [-0.05, 0) is 31.5 Å². The minimum atomic E-state index is -4.36. The van der Waals surface area contributed by atoms with E-state index in [1.54, 1.807) is 26.4 Å². The summed E-state index contributed by atoms with van der Waals surface area (Å²) in [6, 6.07) is 5.20. The van der Waals surface area contributed by atoms with Gasteiger partial charge in [0, 0.05) is 30.9 Å². The third-order valence-corrected chi connectivity index (χ3v) is 4.11. The Morgan fingerprint density at radius 2 is 1.86 bits per heavy atom. The molecule has 0 aliphatic rings. The highest BCUT2D eigenvalue weighted by atomic mass is 127. The Hall–Kier alpha value is -2.04. The van der Waals surface area contributed by atoms with Crippen molar-refractivity contribution in [2.24, 2.45) is 4.99 Å². The van der Waals surface area contributed by atoms with E-state index in [9.17, 15) is 13.2 Å². The van der Waals surface area contributed by atoms with Crippen LogP contribution in [0.3, 0.4) is 0 Å². The summed E-state index contributed by atoms with van der Waals surface area (Å²) in [4.78, 5) is 8.49. The first kappa shape index (κ1) is 24.0. The van der Waals surface area contributed by atoms with Gasteiger partial charge in [-0.1, -0.05) is 12.1 Å². The summed E-state index contributed by atoms with van der Waals surface area (Å²) in [5.74, 6) is 1.25. The van der Waals surface area contributed by atoms with Gasteiger partial charge in [-0.15, -0.1) is 24.0 Å². The molecule has 0 unspecified atom stereocenters. The number of rotatable bonds is 5. The van der Waals surface area contributed by atoms with E-state index in [0.29, 0.717) is 18.1 Å². The van der Waals surface area contributed by atoms with Gasteiger partial charge in [-0.2, -0.15) is 13.2 Å². The van der Waals surface area contributed by atoms with Gasteiger partial charge in [0.15, 0.2) is 5.96 Å². The minimum absolute atomic E-state index is 0. The van der Waals surface area contributed by atoms with Gasteiger partial charge in [0.2, 0.25) is 0 Å². The second-order valence-electron chi connectivity index (χ2n) is 6.02. The van der Waals surface area contributed by atoms with E-state index >= 15 is 0 Å². The number of guanidine groups is 1. The number of alkyl halides is 3. The van der Waals surface area contributed by atoms with Crippen LogP contribution >= 0.6 is 24.0 Å². The van der Waals surface area contributed by atoms with Crippen LogP contribution in [-0.4, -0.2) is 25.1 Å². The normalized spacial score (nSPS) is 11.6. The fourth-order valence-corrected chi connectivity index (χ4v) is 2.68. The first-order valence-electron chi connectivity index (χ1n) is 8.36. The molecule has 0 saturated carbocycles. The average molecular weight is 508 g/mol. The molecule has 0 aliphatic heterocycles. The molecule has 5 nitrogen and oxygen atoms in total. The van der Waals surface area contributed by atoms with Crippen molar-refractivity contribution in [3.05, 3.63) is 58.4 Å². The molecule has 0 aliphatic carbocycles. The summed E-state index contributed by atoms with van der Waals surface area (Å²) in [6.45, 7) is 4.47. The number of aryl methyl sites for hydroxylation is 1. The number of benzene rings is 1. The molecule has 1 aromatic heterocycles. The van der Waals surface area contributed by atoms with Gasteiger partial charge in [0.1, 0.15) is 5.75 Å². The molecular formula is C19H24F3IN4O. The highest BCUT2D eigenvalue weighted by Crippen LogP contribution is 2.29. The van der Waals surface area contributed by atoms with Crippen LogP contribution in [0.5, 0.6) is 5.75 Å². The number of aliphatic imine (C=N–C) groups is 1. The zero-order chi connectivity index (χ0) is 20.0. The maximum atomic E-state index is 12.8. The van der Waals surface area contributed by atoms with Crippen LogP contribution in [0.25, 0.3) is 0 Å². The zero-order valence-corrected chi connectivity index (χ0v) is 18.5. The molecule has 0 spiro atoms. The van der Waals surface area contributed by atoms with E-state index in [1.807, 2.05) is 13.8 Å². The molecular weight excluding hydrogens is 484 g/mol. The molecule has 2 N–H and O–H groups in total. The lowest BCUT2D eigenvalue weighted by Gasteiger charge is -2.15. The predicted octanol–water partition coefficient (Wildman–Crippen LogP) is 4.21. The fourth-order valence-electron chi connectivity index (χ4n) is 2.68. The van der Waals surface area contributed by atoms with Crippen LogP contribution < -0.4 is 15.4 Å². The summed E-state index contributed by atoms with van der Waals surface area (Å²) in [5.41, 5.74) is 2.53. The molecule has 2 aromatic rings. The number of nitrogens with zero attached hydrogens (tertiary/aromatic N) is 2. The Morgan fingerprint density at radius 1 is 1.18 bits per heavy atom. The average Bonchev–Trinajstić information content (AvgIpc) is 2.63. The summed E-state index contributed by atoms with van der Waals surface area (Å²) in [7, 11) is 3.21. The third kappa shape index (κ3) is 6.25. The molecule has 1 aromatic carbocycles. The molecule has 0 fully saturated rings. The van der Waals surface area contributed by atoms with Crippen LogP contribution in [0.2, 0.25) is 0 Å². The lowest BCUT2D eigenvalue weighted by Crippen LogP contribution is -2.36. The Balaban J connectivity index is 0.00000392. The van der Waals surface area contributed by atoms with Gasteiger partial charge in [-0.3, -0.25) is 9.98 Å². The maximum absolute atomic E-state index is 12.8. The number of nitrogens with one attached hydrogen (secondary N) is 2. The van der Waals surface area contributed by atoms with E-state index in [4.69, 9.17) is 4.74 Å². The predicted molar refractivity (Wildman–Crippen MR) is 114 cm³/mol. The minimum Gasteiger partial charge on any atom is -0.496 e. The van der Waals surface area contributed by atoms with Crippen LogP contribution in [0.1, 0.15) is 27.9 Å². The van der Waals surface area contributed by atoms with Crippen molar-refractivity contribution in [2.45, 2.75) is 33.1 Å². The lowest BCUT2D eigenvalue weighted by atomic mass is 10.1. The topological polar surface area (TPSA) is 58.5 Å². The Morgan fingerprint density at radius 3 is 2.46 bits per heavy atom. The van der Waals surface area contributed by atoms with Gasteiger partial charge in [-0.25, -0.2) is 0 Å². The summed E-state index contributed by atoms with van der Waals surface area (Å²) in [5, 5.41) is 6.12. The van der Waals surface area contributed by atoms with Gasteiger partial charge in [0.25, 0.3) is 0 Å². The molecule has 0 atom stereocenters. The smallest absolute Gasteiger partial charge is 0.416 e. The Labute approximate surface area is 179 Å². The fraction of sp³-hybridized carbons (Fsp3) is 0.368. The van der Waals surface area contributed by atoms with E-state index in [-0.39, 0.29) is 30.5 Å². The SMILES string of the molecule is CN=C(NCc1cccc(C(F)(F)F)c1)NCc1ncc(C)c(OC)c1C.I. The molecule has 2 rings (SSSR count). The standard InChI is InChI=1S/C19H23F3N4O.HI/c1-12-9-24-16(13(2)17(12)27-4)11-26-18(23-3)25-10-14-6-5-7-15(8-14)19(20,21)22;/h5-9H,10-11H2,1-4H3,(H2,23,25,26);1H. The Bertz CT molecular complexity index is 825. The molecule has 154 valence electrons. The van der Waals surface area contributed by atoms with Crippen molar-refractivity contribution in [1.29, 1.82) is 0 Å². The molecule has 0 saturated heterocycles. The maximum Gasteiger partial charge on any atom is 0.416 e. The van der Waals surface area contributed by atoms with E-state index in [2.05, 4.69) is 20.6 Å². The van der Waals surface area contributed by atoms with Crippen molar-refractivity contribution >= 4 is 29.9 Å². The quantitative estimate of drug-likeness (QED) is 0.361. The molecule has 28 heavy (non-hydrogen) atoms. The van der Waals surface area contributed by atoms with Crippen LogP contribution in [0.15, 0.2) is 35.5 Å². The number of aromatic nitrogens is 1. The third-order valence-electron chi connectivity index (χ3n) is 4.11. The van der Waals surface area contributed by atoms with Crippen molar-refractivity contribution in [2.75, 3.05) is 14.2 Å². The van der Waals surface area contributed by atoms with E-state index in [1.165, 1.54) is 6.07 Å². The highest BCUT2D eigenvalue weighted by Gasteiger charge is 2.30. The van der Waals surface area contributed by atoms with Gasteiger partial charge in [0.05, 0.1) is 24.9 Å². The first-order valence-corrected chi connectivity index (χ1v) is 8.36. The highest BCUT2D eigenvalue weighted by molar-refractivity contribution is 14.0. The molecule has 9 heteroatoms. The van der Waals surface area contributed by atoms with Crippen LogP contribution in [0, 0.1) is 13.8 Å². The van der Waals surface area contributed by atoms with Crippen molar-refractivity contribution in [3.8, 4) is 5.75 Å². The van der Waals surface area contributed by atoms with Crippen LogP contribution in [0.4, 0.5) is 13.2 Å². The van der Waals surface area contributed by atoms with Gasteiger partial charge >= 0.3 is 6.18 Å². The molecule has 0 bridgehead atoms. The lowest BCUT2D eigenvalue weighted by molar-refractivity contribution is -0.137. The van der Waals surface area contributed by atoms with Crippen LogP contribution in [-0.2, 0) is 19.3 Å². The largest absolute Gasteiger partial charge is 0.496 e. The number of hydrogen-bond acceptors (Lipinski definition) is 3.